The number of piperidine rings is 1. The fraction of sp³-hybridized carbons (Fsp3) is 0.273. The predicted octanol–water partition coefficient (Wildman–Crippen LogP) is 1.70. The van der Waals surface area contributed by atoms with Crippen LogP contribution in [0.25, 0.3) is 0 Å². The second-order valence-corrected chi connectivity index (χ2v) is 10.0. The smallest absolute Gasteiger partial charge is 0.276 e. The molecule has 0 spiro atoms. The Morgan fingerprint density at radius 3 is 2.59 bits per heavy atom. The van der Waals surface area contributed by atoms with Gasteiger partial charge in [-0.1, -0.05) is 18.2 Å². The van der Waals surface area contributed by atoms with E-state index in [1.165, 1.54) is 22.9 Å². The third-order valence-corrected chi connectivity index (χ3v) is 7.84. The van der Waals surface area contributed by atoms with Crippen molar-refractivity contribution in [2.45, 2.75) is 23.8 Å². The van der Waals surface area contributed by atoms with Gasteiger partial charge < -0.3 is 9.88 Å². The lowest BCUT2D eigenvalue weighted by atomic mass is 9.84. The van der Waals surface area contributed by atoms with Gasteiger partial charge in [0.1, 0.15) is 11.4 Å². The molecule has 3 aromatic rings. The average Bonchev–Trinajstić information content (AvgIpc) is 2.82. The Morgan fingerprint density at radius 2 is 1.84 bits per heavy atom. The maximum absolute atomic E-state index is 13.1. The maximum atomic E-state index is 13.1. The molecule has 9 nitrogen and oxygen atoms in total. The number of carbonyl (C=O) groups is 1. The highest BCUT2D eigenvalue weighted by Gasteiger charge is 2.39. The lowest BCUT2D eigenvalue weighted by Crippen LogP contribution is -2.49. The zero-order valence-corrected chi connectivity index (χ0v) is 17.9. The predicted molar refractivity (Wildman–Crippen MR) is 117 cm³/mol. The third-order valence-electron chi connectivity index (χ3n) is 6.00. The first-order valence-electron chi connectivity index (χ1n) is 10.3. The zero-order chi connectivity index (χ0) is 22.3. The number of pyridine rings is 1. The van der Waals surface area contributed by atoms with Crippen molar-refractivity contribution >= 4 is 21.6 Å². The van der Waals surface area contributed by atoms with Crippen LogP contribution in [0.5, 0.6) is 0 Å². The number of hydrogen-bond acceptors (Lipinski definition) is 6. The second-order valence-electron chi connectivity index (χ2n) is 8.07. The third kappa shape index (κ3) is 3.61. The van der Waals surface area contributed by atoms with Gasteiger partial charge in [0.2, 0.25) is 10.0 Å². The number of benzene rings is 1. The number of fused-ring (bicyclic) bond motifs is 4. The molecule has 0 aliphatic carbocycles. The summed E-state index contributed by atoms with van der Waals surface area (Å²) in [5, 5.41) is 2.62. The summed E-state index contributed by atoms with van der Waals surface area (Å²) in [5.74, 6) is -0.575. The zero-order valence-electron chi connectivity index (χ0n) is 17.1. The van der Waals surface area contributed by atoms with Gasteiger partial charge in [0.25, 0.3) is 11.5 Å². The molecule has 2 aliphatic heterocycles. The monoisotopic (exact) mass is 451 g/mol. The van der Waals surface area contributed by atoms with Crippen LogP contribution in [-0.2, 0) is 16.6 Å². The van der Waals surface area contributed by atoms with E-state index in [4.69, 9.17) is 0 Å². The van der Waals surface area contributed by atoms with Gasteiger partial charge in [-0.2, -0.15) is 4.31 Å². The highest BCUT2D eigenvalue weighted by molar-refractivity contribution is 7.89. The molecule has 0 saturated carbocycles. The van der Waals surface area contributed by atoms with Gasteiger partial charge in [-0.15, -0.1) is 0 Å². The minimum Gasteiger partial charge on any atom is -0.316 e. The fourth-order valence-electron chi connectivity index (χ4n) is 4.54. The molecule has 0 unspecified atom stereocenters. The van der Waals surface area contributed by atoms with Crippen LogP contribution in [0.3, 0.4) is 0 Å². The number of rotatable bonds is 4. The van der Waals surface area contributed by atoms with E-state index in [1.54, 1.807) is 47.0 Å². The number of aromatic nitrogens is 3. The van der Waals surface area contributed by atoms with Crippen LogP contribution in [0.1, 0.15) is 28.5 Å². The Balaban J connectivity index is 1.41. The summed E-state index contributed by atoms with van der Waals surface area (Å²) >= 11 is 0. The number of sulfonamides is 1. The van der Waals surface area contributed by atoms with Crippen molar-refractivity contribution in [3.05, 3.63) is 82.8 Å². The Kier molecular flexibility index (Phi) is 5.10. The normalized spacial score (nSPS) is 20.4. The van der Waals surface area contributed by atoms with E-state index >= 15 is 0 Å². The van der Waals surface area contributed by atoms with Gasteiger partial charge in [0, 0.05) is 43.6 Å². The molecule has 10 heteroatoms. The number of nitrogens with zero attached hydrogens (tertiary/aromatic N) is 4. The summed E-state index contributed by atoms with van der Waals surface area (Å²) in [5.41, 5.74) is 0.775. The number of anilines is 1. The SMILES string of the molecule is O=C(Nc1ccc2n(c1=O)C[C@H]1C[C@@H]2CN(S(=O)(=O)c2ccccc2)C1)c1cnccn1. The van der Waals surface area contributed by atoms with Crippen LogP contribution in [0.2, 0.25) is 0 Å². The van der Waals surface area contributed by atoms with Crippen LogP contribution in [0, 0.1) is 5.92 Å². The van der Waals surface area contributed by atoms with E-state index in [9.17, 15) is 18.0 Å². The molecule has 5 rings (SSSR count). The quantitative estimate of drug-likeness (QED) is 0.646. The van der Waals surface area contributed by atoms with Crippen molar-refractivity contribution in [2.24, 2.45) is 5.92 Å². The van der Waals surface area contributed by atoms with E-state index in [1.807, 2.05) is 0 Å². The van der Waals surface area contributed by atoms with Crippen molar-refractivity contribution < 1.29 is 13.2 Å². The molecule has 0 radical (unpaired) electrons. The van der Waals surface area contributed by atoms with E-state index in [2.05, 4.69) is 15.3 Å². The summed E-state index contributed by atoms with van der Waals surface area (Å²) < 4.78 is 29.4. The lowest BCUT2D eigenvalue weighted by molar-refractivity contribution is 0.102. The highest BCUT2D eigenvalue weighted by Crippen LogP contribution is 2.37. The first-order valence-corrected chi connectivity index (χ1v) is 11.7. The maximum Gasteiger partial charge on any atom is 0.276 e. The largest absolute Gasteiger partial charge is 0.316 e. The van der Waals surface area contributed by atoms with E-state index in [-0.39, 0.29) is 33.7 Å². The second kappa shape index (κ2) is 7.95. The topological polar surface area (TPSA) is 114 Å². The molecule has 2 atom stereocenters. The van der Waals surface area contributed by atoms with Crippen molar-refractivity contribution in [3.63, 3.8) is 0 Å². The van der Waals surface area contributed by atoms with Gasteiger partial charge in [-0.05, 0) is 36.6 Å². The molecule has 4 heterocycles. The van der Waals surface area contributed by atoms with Gasteiger partial charge in [-0.3, -0.25) is 14.6 Å². The average molecular weight is 452 g/mol. The molecule has 1 fully saturated rings. The standard InChI is InChI=1S/C22H21N5O4S/c28-21(19-11-23-8-9-24-19)25-18-6-7-20-16-10-15(13-27(20)22(18)29)12-26(14-16)32(30,31)17-4-2-1-3-5-17/h1-9,11,15-16H,10,12-14H2,(H,25,28)/t15-,16+/m0/s1. The molecule has 2 aromatic heterocycles. The number of amides is 1. The van der Waals surface area contributed by atoms with Crippen LogP contribution < -0.4 is 10.9 Å². The van der Waals surface area contributed by atoms with Crippen LogP contribution in [0.4, 0.5) is 5.69 Å². The van der Waals surface area contributed by atoms with E-state index in [0.29, 0.717) is 19.6 Å². The van der Waals surface area contributed by atoms with E-state index < -0.39 is 15.9 Å². The Hall–Kier alpha value is -3.37. The van der Waals surface area contributed by atoms with Crippen LogP contribution in [0.15, 0.2) is 70.7 Å². The number of hydrogen-bond donors (Lipinski definition) is 1. The van der Waals surface area contributed by atoms with Crippen molar-refractivity contribution in [1.29, 1.82) is 0 Å². The summed E-state index contributed by atoms with van der Waals surface area (Å²) in [4.78, 5) is 33.6. The van der Waals surface area contributed by atoms with Crippen molar-refractivity contribution in [1.82, 2.24) is 18.8 Å². The summed E-state index contributed by atoms with van der Waals surface area (Å²) in [6, 6.07) is 11.8. The van der Waals surface area contributed by atoms with Gasteiger partial charge in [0.05, 0.1) is 11.1 Å². The summed E-state index contributed by atoms with van der Waals surface area (Å²) in [7, 11) is -3.60. The summed E-state index contributed by atoms with van der Waals surface area (Å²) in [6.07, 6.45) is 5.03. The molecule has 2 aliphatic rings. The molecular weight excluding hydrogens is 430 g/mol. The number of nitrogens with one attached hydrogen (secondary N) is 1. The van der Waals surface area contributed by atoms with Crippen LogP contribution >= 0.6 is 0 Å². The Bertz CT molecular complexity index is 1330. The molecule has 1 N–H and O–H groups in total. The Labute approximate surface area is 184 Å². The van der Waals surface area contributed by atoms with Gasteiger partial charge in [-0.25, -0.2) is 13.4 Å². The van der Waals surface area contributed by atoms with Crippen molar-refractivity contribution in [2.75, 3.05) is 18.4 Å². The first-order chi connectivity index (χ1) is 15.4. The summed E-state index contributed by atoms with van der Waals surface area (Å²) in [6.45, 7) is 1.08. The minimum atomic E-state index is -3.60. The first kappa shape index (κ1) is 20.5. The molecule has 2 bridgehead atoms. The lowest BCUT2D eigenvalue weighted by Gasteiger charge is -2.42. The molecule has 1 saturated heterocycles. The van der Waals surface area contributed by atoms with Gasteiger partial charge in [0.15, 0.2) is 0 Å². The highest BCUT2D eigenvalue weighted by atomic mass is 32.2. The minimum absolute atomic E-state index is 0.0170. The molecule has 1 amide bonds. The Morgan fingerprint density at radius 1 is 1.03 bits per heavy atom. The van der Waals surface area contributed by atoms with Crippen LogP contribution in [-0.4, -0.2) is 46.3 Å². The fourth-order valence-corrected chi connectivity index (χ4v) is 6.12. The van der Waals surface area contributed by atoms with Crippen molar-refractivity contribution in [3.8, 4) is 0 Å². The molecule has 164 valence electrons. The van der Waals surface area contributed by atoms with E-state index in [0.717, 1.165) is 12.1 Å². The molecule has 1 aromatic carbocycles. The molecular formula is C22H21N5O4S. The number of carbonyl (C=O) groups excluding carboxylic acids is 1. The van der Waals surface area contributed by atoms with Gasteiger partial charge >= 0.3 is 0 Å². The molecule has 32 heavy (non-hydrogen) atoms.